The van der Waals surface area contributed by atoms with Crippen molar-refractivity contribution >= 4 is 18.3 Å². The topological polar surface area (TPSA) is 54.5 Å². The normalized spacial score (nSPS) is 16.9. The van der Waals surface area contributed by atoms with E-state index in [4.69, 9.17) is 0 Å². The van der Waals surface area contributed by atoms with Crippen LogP contribution in [0.2, 0.25) is 0 Å². The Morgan fingerprint density at radius 2 is 2.19 bits per heavy atom. The maximum absolute atomic E-state index is 12.8. The zero-order valence-corrected chi connectivity index (χ0v) is 14.8. The molecular formula is C18H20ClF2N3O2. The Labute approximate surface area is 156 Å². The average molecular weight is 384 g/mol. The van der Waals surface area contributed by atoms with E-state index in [1.54, 1.807) is 24.5 Å². The van der Waals surface area contributed by atoms with Gasteiger partial charge in [-0.25, -0.2) is 0 Å². The number of carbonyl (C=O) groups is 1. The first-order valence-corrected chi connectivity index (χ1v) is 8.07. The fourth-order valence-corrected chi connectivity index (χ4v) is 2.98. The van der Waals surface area contributed by atoms with Crippen LogP contribution in [0.25, 0.3) is 0 Å². The van der Waals surface area contributed by atoms with E-state index in [0.717, 1.165) is 12.1 Å². The summed E-state index contributed by atoms with van der Waals surface area (Å²) in [5.41, 5.74) is 1.62. The monoisotopic (exact) mass is 383 g/mol. The van der Waals surface area contributed by atoms with Crippen LogP contribution in [0, 0.1) is 0 Å². The Bertz CT molecular complexity index is 719. The third-order valence-corrected chi connectivity index (χ3v) is 4.11. The van der Waals surface area contributed by atoms with Crippen molar-refractivity contribution in [2.24, 2.45) is 0 Å². The summed E-state index contributed by atoms with van der Waals surface area (Å²) in [7, 11) is 0. The smallest absolute Gasteiger partial charge is 0.387 e. The van der Waals surface area contributed by atoms with Crippen LogP contribution in [-0.4, -0.2) is 42.0 Å². The number of piperazine rings is 1. The molecule has 1 aliphatic rings. The number of ether oxygens (including phenoxy) is 1. The van der Waals surface area contributed by atoms with Crippen LogP contribution in [-0.2, 0) is 11.2 Å². The molecule has 26 heavy (non-hydrogen) atoms. The molecule has 0 spiro atoms. The summed E-state index contributed by atoms with van der Waals surface area (Å²) >= 11 is 0. The summed E-state index contributed by atoms with van der Waals surface area (Å²) in [6.07, 6.45) is 3.59. The number of nitrogens with one attached hydrogen (secondary N) is 1. The van der Waals surface area contributed by atoms with Gasteiger partial charge in [0.25, 0.3) is 0 Å². The van der Waals surface area contributed by atoms with E-state index in [1.165, 1.54) is 12.1 Å². The number of nitrogens with zero attached hydrogens (tertiary/aromatic N) is 2. The van der Waals surface area contributed by atoms with E-state index in [1.807, 2.05) is 17.0 Å². The highest BCUT2D eigenvalue weighted by molar-refractivity contribution is 5.85. The van der Waals surface area contributed by atoms with Crippen LogP contribution in [0.1, 0.15) is 17.2 Å². The molecule has 1 saturated heterocycles. The van der Waals surface area contributed by atoms with Crippen molar-refractivity contribution in [1.29, 1.82) is 0 Å². The highest BCUT2D eigenvalue weighted by Crippen LogP contribution is 2.23. The lowest BCUT2D eigenvalue weighted by Crippen LogP contribution is -2.49. The van der Waals surface area contributed by atoms with Gasteiger partial charge in [0.05, 0.1) is 12.5 Å². The maximum atomic E-state index is 12.8. The molecule has 1 unspecified atom stereocenters. The third kappa shape index (κ3) is 5.12. The fraction of sp³-hybridized carbons (Fsp3) is 0.333. The molecule has 0 radical (unpaired) electrons. The number of amides is 1. The molecule has 8 heteroatoms. The van der Waals surface area contributed by atoms with Gasteiger partial charge in [-0.1, -0.05) is 18.2 Å². The molecule has 140 valence electrons. The summed E-state index contributed by atoms with van der Waals surface area (Å²) in [5, 5.41) is 3.29. The van der Waals surface area contributed by atoms with Crippen LogP contribution >= 0.6 is 12.4 Å². The molecular weight excluding hydrogens is 364 g/mol. The van der Waals surface area contributed by atoms with Crippen molar-refractivity contribution < 1.29 is 18.3 Å². The summed E-state index contributed by atoms with van der Waals surface area (Å²) in [4.78, 5) is 18.7. The summed E-state index contributed by atoms with van der Waals surface area (Å²) in [6.45, 7) is -0.914. The van der Waals surface area contributed by atoms with Gasteiger partial charge in [0.1, 0.15) is 5.75 Å². The number of aromatic nitrogens is 1. The fourth-order valence-electron chi connectivity index (χ4n) is 2.98. The predicted molar refractivity (Wildman–Crippen MR) is 95.6 cm³/mol. The van der Waals surface area contributed by atoms with Gasteiger partial charge in [-0.05, 0) is 29.3 Å². The van der Waals surface area contributed by atoms with Gasteiger partial charge in [0, 0.05) is 32.0 Å². The second kappa shape index (κ2) is 9.45. The van der Waals surface area contributed by atoms with Crippen molar-refractivity contribution in [3.8, 4) is 5.75 Å². The van der Waals surface area contributed by atoms with Crippen molar-refractivity contribution in [3.63, 3.8) is 0 Å². The number of halogens is 3. The molecule has 2 aromatic rings. The molecule has 1 fully saturated rings. The quantitative estimate of drug-likeness (QED) is 0.862. The number of hydrogen-bond acceptors (Lipinski definition) is 4. The minimum Gasteiger partial charge on any atom is -0.435 e. The number of carbonyl (C=O) groups excluding carboxylic acids is 1. The molecule has 1 aliphatic heterocycles. The molecule has 1 aromatic carbocycles. The zero-order valence-electron chi connectivity index (χ0n) is 14.0. The first kappa shape index (κ1) is 20.1. The Hall–Kier alpha value is -2.25. The predicted octanol–water partition coefficient (Wildman–Crippen LogP) is 2.82. The minimum absolute atomic E-state index is 0. The van der Waals surface area contributed by atoms with Gasteiger partial charge in [0.15, 0.2) is 0 Å². The first-order chi connectivity index (χ1) is 12.1. The van der Waals surface area contributed by atoms with Crippen molar-refractivity contribution in [2.75, 3.05) is 19.6 Å². The van der Waals surface area contributed by atoms with Crippen molar-refractivity contribution in [1.82, 2.24) is 15.2 Å². The highest BCUT2D eigenvalue weighted by Gasteiger charge is 2.27. The van der Waals surface area contributed by atoms with Gasteiger partial charge in [-0.2, -0.15) is 8.78 Å². The second-order valence-corrected chi connectivity index (χ2v) is 5.80. The van der Waals surface area contributed by atoms with Crippen molar-refractivity contribution in [2.45, 2.75) is 19.1 Å². The molecule has 0 aliphatic carbocycles. The zero-order chi connectivity index (χ0) is 17.6. The number of alkyl halides is 2. The van der Waals surface area contributed by atoms with Gasteiger partial charge in [-0.3, -0.25) is 9.78 Å². The highest BCUT2D eigenvalue weighted by atomic mass is 35.5. The second-order valence-electron chi connectivity index (χ2n) is 5.80. The molecule has 1 amide bonds. The Morgan fingerprint density at radius 1 is 1.35 bits per heavy atom. The Morgan fingerprint density at radius 3 is 2.92 bits per heavy atom. The lowest BCUT2D eigenvalue weighted by molar-refractivity contribution is -0.133. The van der Waals surface area contributed by atoms with Gasteiger partial charge in [0.2, 0.25) is 5.91 Å². The number of pyridine rings is 1. The SMILES string of the molecule is Cl.O=C(Cc1cccc(OC(F)F)c1)N1CCNCC1c1cccnc1. The number of benzene rings is 1. The Kier molecular flexibility index (Phi) is 7.29. The molecule has 0 saturated carbocycles. The van der Waals surface area contributed by atoms with E-state index in [2.05, 4.69) is 15.0 Å². The van der Waals surface area contributed by atoms with Gasteiger partial charge < -0.3 is 15.0 Å². The summed E-state index contributed by atoms with van der Waals surface area (Å²) in [5.74, 6) is 0.00831. The molecule has 1 aromatic heterocycles. The van der Waals surface area contributed by atoms with Gasteiger partial charge >= 0.3 is 6.61 Å². The molecule has 5 nitrogen and oxygen atoms in total. The van der Waals surface area contributed by atoms with E-state index in [0.29, 0.717) is 18.7 Å². The number of hydrogen-bond donors (Lipinski definition) is 1. The third-order valence-electron chi connectivity index (χ3n) is 4.11. The molecule has 3 rings (SSSR count). The number of rotatable bonds is 5. The lowest BCUT2D eigenvalue weighted by atomic mass is 10.0. The van der Waals surface area contributed by atoms with Crippen LogP contribution < -0.4 is 10.1 Å². The van der Waals surface area contributed by atoms with Crippen LogP contribution in [0.3, 0.4) is 0 Å². The van der Waals surface area contributed by atoms with Crippen LogP contribution in [0.5, 0.6) is 5.75 Å². The molecule has 1 atom stereocenters. The van der Waals surface area contributed by atoms with Gasteiger partial charge in [-0.15, -0.1) is 12.4 Å². The van der Waals surface area contributed by atoms with E-state index in [9.17, 15) is 13.6 Å². The minimum atomic E-state index is -2.88. The Balaban J connectivity index is 0.00000243. The molecule has 0 bridgehead atoms. The van der Waals surface area contributed by atoms with Crippen LogP contribution in [0.15, 0.2) is 48.8 Å². The van der Waals surface area contributed by atoms with E-state index < -0.39 is 6.61 Å². The maximum Gasteiger partial charge on any atom is 0.387 e. The molecule has 1 N–H and O–H groups in total. The standard InChI is InChI=1S/C18H19F2N3O2.ClH/c19-18(20)25-15-5-1-3-13(9-15)10-17(24)23-8-7-22-12-16(23)14-4-2-6-21-11-14;/h1-6,9,11,16,18,22H,7-8,10,12H2;1H. The largest absolute Gasteiger partial charge is 0.435 e. The first-order valence-electron chi connectivity index (χ1n) is 8.07. The molecule has 2 heterocycles. The lowest BCUT2D eigenvalue weighted by Gasteiger charge is -2.36. The summed E-state index contributed by atoms with van der Waals surface area (Å²) < 4.78 is 29.1. The summed E-state index contributed by atoms with van der Waals surface area (Å²) in [6, 6.07) is 9.97. The van der Waals surface area contributed by atoms with E-state index >= 15 is 0 Å². The average Bonchev–Trinajstić information content (AvgIpc) is 2.62. The van der Waals surface area contributed by atoms with Crippen molar-refractivity contribution in [3.05, 3.63) is 59.9 Å². The van der Waals surface area contributed by atoms with Crippen LogP contribution in [0.4, 0.5) is 8.78 Å². The van der Waals surface area contributed by atoms with E-state index in [-0.39, 0.29) is 36.5 Å².